The number of rotatable bonds is 11. The number of carbonyl (C=O) groups excluding carboxylic acids is 2. The first-order valence-electron chi connectivity index (χ1n) is 12.6. The van der Waals surface area contributed by atoms with Gasteiger partial charge in [-0.25, -0.2) is 8.42 Å². The van der Waals surface area contributed by atoms with Crippen LogP contribution in [0.3, 0.4) is 0 Å². The molecule has 0 bridgehead atoms. The Morgan fingerprint density at radius 3 is 2.24 bits per heavy atom. The molecule has 0 spiro atoms. The van der Waals surface area contributed by atoms with Gasteiger partial charge in [0.05, 0.1) is 22.0 Å². The molecule has 0 saturated heterocycles. The number of amides is 2. The molecule has 0 radical (unpaired) electrons. The fraction of sp³-hybridized carbons (Fsp3) is 0.500. The molecule has 38 heavy (non-hydrogen) atoms. The molecular formula is C28H39Cl2N3O4S. The number of nitrogens with one attached hydrogen (secondary N) is 1. The second-order valence-corrected chi connectivity index (χ2v) is 13.4. The maximum atomic E-state index is 13.6. The van der Waals surface area contributed by atoms with E-state index >= 15 is 0 Å². The van der Waals surface area contributed by atoms with Crippen LogP contribution in [0.15, 0.2) is 36.4 Å². The molecule has 2 amide bonds. The van der Waals surface area contributed by atoms with E-state index in [1.165, 1.54) is 4.31 Å². The molecule has 10 heteroatoms. The summed E-state index contributed by atoms with van der Waals surface area (Å²) in [6.45, 7) is 11.6. The van der Waals surface area contributed by atoms with E-state index < -0.39 is 21.6 Å². The molecule has 7 nitrogen and oxygen atoms in total. The second kappa shape index (κ2) is 13.2. The number of carbonyl (C=O) groups is 2. The highest BCUT2D eigenvalue weighted by Crippen LogP contribution is 2.26. The molecular weight excluding hydrogens is 545 g/mol. The van der Waals surface area contributed by atoms with Gasteiger partial charge in [-0.2, -0.15) is 0 Å². The number of hydrogen-bond donors (Lipinski definition) is 1. The quantitative estimate of drug-likeness (QED) is 0.358. The van der Waals surface area contributed by atoms with Crippen LogP contribution in [0.2, 0.25) is 10.0 Å². The number of halogens is 2. The zero-order valence-electron chi connectivity index (χ0n) is 23.3. The van der Waals surface area contributed by atoms with Crippen molar-refractivity contribution in [1.82, 2.24) is 10.2 Å². The highest BCUT2D eigenvalue weighted by Gasteiger charge is 2.31. The minimum absolute atomic E-state index is 0.0670. The summed E-state index contributed by atoms with van der Waals surface area (Å²) >= 11 is 12.3. The van der Waals surface area contributed by atoms with Crippen molar-refractivity contribution in [2.75, 3.05) is 17.1 Å². The summed E-state index contributed by atoms with van der Waals surface area (Å²) in [5.74, 6) is -0.497. The number of hydrogen-bond acceptors (Lipinski definition) is 4. The Balaban J connectivity index is 2.30. The third-order valence-electron chi connectivity index (χ3n) is 6.01. The van der Waals surface area contributed by atoms with Gasteiger partial charge in [-0.1, -0.05) is 48.3 Å². The van der Waals surface area contributed by atoms with Crippen LogP contribution in [0, 0.1) is 13.8 Å². The summed E-state index contributed by atoms with van der Waals surface area (Å²) in [5, 5.41) is 3.73. The van der Waals surface area contributed by atoms with Gasteiger partial charge in [-0.3, -0.25) is 13.9 Å². The van der Waals surface area contributed by atoms with Crippen molar-refractivity contribution in [1.29, 1.82) is 0 Å². The standard InChI is InChI=1S/C28H39Cl2N3O4S/c1-8-24(27(35)31-28(4,5)6)32(18-21-13-14-22(29)23(30)17-21)26(34)10-9-15-33(38(7,36)37)25-16-19(2)11-12-20(25)3/h11-14,16-17,24H,8-10,15,18H2,1-7H3,(H,31,35)/t24-/m0/s1. The van der Waals surface area contributed by atoms with Gasteiger partial charge in [0.2, 0.25) is 21.8 Å². The Labute approximate surface area is 237 Å². The van der Waals surface area contributed by atoms with Crippen LogP contribution in [-0.4, -0.2) is 49.5 Å². The van der Waals surface area contributed by atoms with Crippen molar-refractivity contribution < 1.29 is 18.0 Å². The average molecular weight is 585 g/mol. The van der Waals surface area contributed by atoms with Crippen LogP contribution in [0.1, 0.15) is 63.6 Å². The first-order chi connectivity index (χ1) is 17.5. The Morgan fingerprint density at radius 1 is 1.03 bits per heavy atom. The van der Waals surface area contributed by atoms with Crippen molar-refractivity contribution in [3.05, 3.63) is 63.1 Å². The van der Waals surface area contributed by atoms with Crippen LogP contribution in [-0.2, 0) is 26.2 Å². The predicted molar refractivity (Wildman–Crippen MR) is 156 cm³/mol. The van der Waals surface area contributed by atoms with Crippen molar-refractivity contribution in [2.45, 2.75) is 78.9 Å². The Morgan fingerprint density at radius 2 is 1.68 bits per heavy atom. The minimum atomic E-state index is -3.57. The van der Waals surface area contributed by atoms with Crippen LogP contribution >= 0.6 is 23.2 Å². The molecule has 0 aliphatic heterocycles. The van der Waals surface area contributed by atoms with E-state index in [2.05, 4.69) is 5.32 Å². The van der Waals surface area contributed by atoms with Crippen molar-refractivity contribution in [3.8, 4) is 0 Å². The molecule has 0 heterocycles. The zero-order chi connectivity index (χ0) is 28.8. The number of anilines is 1. The number of sulfonamides is 1. The fourth-order valence-electron chi connectivity index (χ4n) is 4.18. The molecule has 1 N–H and O–H groups in total. The molecule has 2 aromatic rings. The second-order valence-electron chi connectivity index (χ2n) is 10.7. The van der Waals surface area contributed by atoms with Crippen LogP contribution in [0.25, 0.3) is 0 Å². The van der Waals surface area contributed by atoms with E-state index in [-0.39, 0.29) is 37.7 Å². The van der Waals surface area contributed by atoms with Crippen LogP contribution in [0.4, 0.5) is 5.69 Å². The van der Waals surface area contributed by atoms with E-state index in [9.17, 15) is 18.0 Å². The predicted octanol–water partition coefficient (Wildman–Crippen LogP) is 5.88. The van der Waals surface area contributed by atoms with Gasteiger partial charge in [0.15, 0.2) is 0 Å². The summed E-state index contributed by atoms with van der Waals surface area (Å²) in [4.78, 5) is 28.3. The van der Waals surface area contributed by atoms with Crippen LogP contribution in [0.5, 0.6) is 0 Å². The molecule has 0 unspecified atom stereocenters. The molecule has 2 rings (SSSR count). The van der Waals surface area contributed by atoms with E-state index in [0.29, 0.717) is 22.2 Å². The topological polar surface area (TPSA) is 86.8 Å². The van der Waals surface area contributed by atoms with Crippen molar-refractivity contribution >= 4 is 50.7 Å². The maximum absolute atomic E-state index is 13.6. The monoisotopic (exact) mass is 583 g/mol. The van der Waals surface area contributed by atoms with Gasteiger partial charge in [0, 0.05) is 25.0 Å². The highest BCUT2D eigenvalue weighted by molar-refractivity contribution is 7.92. The molecule has 0 fully saturated rings. The lowest BCUT2D eigenvalue weighted by Gasteiger charge is -2.33. The number of aryl methyl sites for hydroxylation is 2. The third-order valence-corrected chi connectivity index (χ3v) is 7.93. The van der Waals surface area contributed by atoms with Gasteiger partial charge in [-0.15, -0.1) is 0 Å². The zero-order valence-corrected chi connectivity index (χ0v) is 25.6. The van der Waals surface area contributed by atoms with Gasteiger partial charge >= 0.3 is 0 Å². The van der Waals surface area contributed by atoms with Gasteiger partial charge in [0.25, 0.3) is 0 Å². The molecule has 210 valence electrons. The molecule has 1 atom stereocenters. The summed E-state index contributed by atoms with van der Waals surface area (Å²) in [6, 6.07) is 10.1. The largest absolute Gasteiger partial charge is 0.350 e. The minimum Gasteiger partial charge on any atom is -0.350 e. The van der Waals surface area contributed by atoms with Gasteiger partial charge in [-0.05, 0) is 82.3 Å². The highest BCUT2D eigenvalue weighted by atomic mass is 35.5. The summed E-state index contributed by atoms with van der Waals surface area (Å²) < 4.78 is 26.6. The molecule has 2 aromatic carbocycles. The molecule has 0 aliphatic carbocycles. The Kier molecular flexibility index (Phi) is 11.1. The van der Waals surface area contributed by atoms with E-state index in [4.69, 9.17) is 23.2 Å². The van der Waals surface area contributed by atoms with Gasteiger partial charge < -0.3 is 10.2 Å². The first kappa shape index (κ1) is 31.9. The summed E-state index contributed by atoms with van der Waals surface area (Å²) in [5.41, 5.74) is 2.65. The molecule has 0 aliphatic rings. The van der Waals surface area contributed by atoms with Crippen molar-refractivity contribution in [2.24, 2.45) is 0 Å². The van der Waals surface area contributed by atoms with Crippen molar-refractivity contribution in [3.63, 3.8) is 0 Å². The lowest BCUT2D eigenvalue weighted by molar-refractivity contribution is -0.142. The summed E-state index contributed by atoms with van der Waals surface area (Å²) in [6.07, 6.45) is 1.93. The Hall–Kier alpha value is -2.29. The van der Waals surface area contributed by atoms with E-state index in [1.807, 2.05) is 59.7 Å². The lowest BCUT2D eigenvalue weighted by Crippen LogP contribution is -2.53. The first-order valence-corrected chi connectivity index (χ1v) is 15.2. The molecule has 0 saturated carbocycles. The van der Waals surface area contributed by atoms with Crippen LogP contribution < -0.4 is 9.62 Å². The summed E-state index contributed by atoms with van der Waals surface area (Å²) in [7, 11) is -3.57. The lowest BCUT2D eigenvalue weighted by atomic mass is 10.0. The van der Waals surface area contributed by atoms with Gasteiger partial charge in [0.1, 0.15) is 6.04 Å². The maximum Gasteiger partial charge on any atom is 0.243 e. The normalized spacial score (nSPS) is 12.7. The third kappa shape index (κ3) is 9.17. The average Bonchev–Trinajstić information content (AvgIpc) is 2.78. The van der Waals surface area contributed by atoms with E-state index in [1.54, 1.807) is 23.1 Å². The molecule has 0 aromatic heterocycles. The smallest absolute Gasteiger partial charge is 0.243 e. The van der Waals surface area contributed by atoms with E-state index in [0.717, 1.165) is 22.9 Å². The number of nitrogens with zero attached hydrogens (tertiary/aromatic N) is 2. The fourth-order valence-corrected chi connectivity index (χ4v) is 5.51. The Bertz CT molecular complexity index is 1260. The SMILES string of the molecule is CC[C@@H](C(=O)NC(C)(C)C)N(Cc1ccc(Cl)c(Cl)c1)C(=O)CCCN(c1cc(C)ccc1C)S(C)(=O)=O. The number of benzene rings is 2.